The van der Waals surface area contributed by atoms with Crippen molar-refractivity contribution in [1.82, 2.24) is 9.80 Å². The molecule has 1 heterocycles. The van der Waals surface area contributed by atoms with Crippen molar-refractivity contribution in [2.75, 3.05) is 32.0 Å². The number of nitrogens with one attached hydrogen (secondary N) is 1. The van der Waals surface area contributed by atoms with Crippen LogP contribution in [0.1, 0.15) is 45.5 Å². The standard InChI is InChI=1S/C26H33N3O3/c1-17-14-19(3)24(20(4)15-17)27-23(30)16-28(5)25(31)21-10-12-29(13-11-21)26(32)22-9-7-6-8-18(22)2/h6-9,14-15,21H,10-13,16H2,1-5H3,(H,27,30). The van der Waals surface area contributed by atoms with Crippen LogP contribution < -0.4 is 5.32 Å². The molecule has 2 aromatic rings. The molecule has 1 N–H and O–H groups in total. The van der Waals surface area contributed by atoms with Crippen LogP contribution in [0.5, 0.6) is 0 Å². The lowest BCUT2D eigenvalue weighted by Crippen LogP contribution is -2.45. The monoisotopic (exact) mass is 435 g/mol. The average molecular weight is 436 g/mol. The van der Waals surface area contributed by atoms with Crippen LogP contribution in [-0.4, -0.2) is 54.2 Å². The van der Waals surface area contributed by atoms with Crippen molar-refractivity contribution < 1.29 is 14.4 Å². The van der Waals surface area contributed by atoms with Gasteiger partial charge in [-0.25, -0.2) is 0 Å². The van der Waals surface area contributed by atoms with Gasteiger partial charge in [0, 0.05) is 37.3 Å². The summed E-state index contributed by atoms with van der Waals surface area (Å²) in [7, 11) is 1.67. The molecular weight excluding hydrogens is 402 g/mol. The van der Waals surface area contributed by atoms with E-state index >= 15 is 0 Å². The SMILES string of the molecule is Cc1cc(C)c(NC(=O)CN(C)C(=O)C2CCN(C(=O)c3ccccc3C)CC2)c(C)c1. The molecule has 32 heavy (non-hydrogen) atoms. The van der Waals surface area contributed by atoms with Gasteiger partial charge in [-0.2, -0.15) is 0 Å². The average Bonchev–Trinajstić information content (AvgIpc) is 2.75. The van der Waals surface area contributed by atoms with Crippen molar-refractivity contribution in [3.8, 4) is 0 Å². The number of likely N-dealkylation sites (tertiary alicyclic amines) is 1. The van der Waals surface area contributed by atoms with E-state index in [-0.39, 0.29) is 30.2 Å². The maximum Gasteiger partial charge on any atom is 0.254 e. The van der Waals surface area contributed by atoms with E-state index in [9.17, 15) is 14.4 Å². The molecule has 0 aromatic heterocycles. The third-order valence-corrected chi connectivity index (χ3v) is 6.21. The lowest BCUT2D eigenvalue weighted by atomic mass is 9.94. The van der Waals surface area contributed by atoms with Crippen molar-refractivity contribution in [1.29, 1.82) is 0 Å². The molecule has 2 aromatic carbocycles. The second kappa shape index (κ2) is 9.98. The molecule has 0 bridgehead atoms. The zero-order chi connectivity index (χ0) is 23.4. The van der Waals surface area contributed by atoms with Crippen molar-refractivity contribution in [3.05, 3.63) is 64.2 Å². The molecule has 0 atom stereocenters. The lowest BCUT2D eigenvalue weighted by Gasteiger charge is -2.33. The van der Waals surface area contributed by atoms with Gasteiger partial charge in [0.2, 0.25) is 11.8 Å². The number of aryl methyl sites for hydroxylation is 4. The summed E-state index contributed by atoms with van der Waals surface area (Å²) in [6.07, 6.45) is 1.22. The van der Waals surface area contributed by atoms with Crippen LogP contribution in [-0.2, 0) is 9.59 Å². The Kier molecular flexibility index (Phi) is 7.33. The Bertz CT molecular complexity index is 1000. The van der Waals surface area contributed by atoms with E-state index in [1.165, 1.54) is 4.90 Å². The topological polar surface area (TPSA) is 69.7 Å². The number of nitrogens with zero attached hydrogens (tertiary/aromatic N) is 2. The van der Waals surface area contributed by atoms with Gasteiger partial charge in [-0.1, -0.05) is 35.9 Å². The van der Waals surface area contributed by atoms with Crippen molar-refractivity contribution >= 4 is 23.4 Å². The molecule has 6 heteroatoms. The normalized spacial score (nSPS) is 14.2. The van der Waals surface area contributed by atoms with Crippen LogP contribution in [0.15, 0.2) is 36.4 Å². The Balaban J connectivity index is 1.53. The van der Waals surface area contributed by atoms with Gasteiger partial charge in [0.1, 0.15) is 0 Å². The fourth-order valence-corrected chi connectivity index (χ4v) is 4.47. The Hall–Kier alpha value is -3.15. The maximum absolute atomic E-state index is 12.9. The molecule has 1 aliphatic heterocycles. The Morgan fingerprint density at radius 2 is 1.56 bits per heavy atom. The van der Waals surface area contributed by atoms with Crippen LogP contribution >= 0.6 is 0 Å². The number of likely N-dealkylation sites (N-methyl/N-ethyl adjacent to an activating group) is 1. The number of amides is 3. The van der Waals surface area contributed by atoms with Crippen molar-refractivity contribution in [3.63, 3.8) is 0 Å². The Labute approximate surface area is 190 Å². The van der Waals surface area contributed by atoms with Gasteiger partial charge in [-0.15, -0.1) is 0 Å². The van der Waals surface area contributed by atoms with Gasteiger partial charge in [-0.05, 0) is 63.3 Å². The highest BCUT2D eigenvalue weighted by Crippen LogP contribution is 2.23. The van der Waals surface area contributed by atoms with E-state index in [1.54, 1.807) is 7.05 Å². The molecule has 6 nitrogen and oxygen atoms in total. The van der Waals surface area contributed by atoms with Crippen molar-refractivity contribution in [2.24, 2.45) is 5.92 Å². The quantitative estimate of drug-likeness (QED) is 0.775. The second-order valence-electron chi connectivity index (χ2n) is 8.90. The highest BCUT2D eigenvalue weighted by atomic mass is 16.2. The number of hydrogen-bond acceptors (Lipinski definition) is 3. The zero-order valence-corrected chi connectivity index (χ0v) is 19.7. The summed E-state index contributed by atoms with van der Waals surface area (Å²) >= 11 is 0. The van der Waals surface area contributed by atoms with Crippen LogP contribution in [0, 0.1) is 33.6 Å². The number of hydrogen-bond donors (Lipinski definition) is 1. The van der Waals surface area contributed by atoms with E-state index in [4.69, 9.17) is 0 Å². The summed E-state index contributed by atoms with van der Waals surface area (Å²) in [5, 5.41) is 2.95. The van der Waals surface area contributed by atoms with E-state index in [2.05, 4.69) is 5.32 Å². The molecule has 1 fully saturated rings. The van der Waals surface area contributed by atoms with Crippen LogP contribution in [0.25, 0.3) is 0 Å². The van der Waals surface area contributed by atoms with E-state index < -0.39 is 0 Å². The summed E-state index contributed by atoms with van der Waals surface area (Å²) in [5.74, 6) is -0.398. The highest BCUT2D eigenvalue weighted by molar-refractivity contribution is 5.97. The van der Waals surface area contributed by atoms with Crippen LogP contribution in [0.4, 0.5) is 5.69 Å². The number of carbonyl (C=O) groups is 3. The predicted octanol–water partition coefficient (Wildman–Crippen LogP) is 3.87. The summed E-state index contributed by atoms with van der Waals surface area (Å²) in [4.78, 5) is 41.6. The molecule has 1 saturated heterocycles. The first-order valence-corrected chi connectivity index (χ1v) is 11.1. The molecule has 3 amide bonds. The van der Waals surface area contributed by atoms with Gasteiger partial charge in [0.05, 0.1) is 6.54 Å². The second-order valence-corrected chi connectivity index (χ2v) is 8.90. The largest absolute Gasteiger partial charge is 0.339 e. The minimum atomic E-state index is -0.205. The molecule has 0 unspecified atom stereocenters. The third-order valence-electron chi connectivity index (χ3n) is 6.21. The summed E-state index contributed by atoms with van der Waals surface area (Å²) in [5.41, 5.74) is 5.65. The summed E-state index contributed by atoms with van der Waals surface area (Å²) in [6, 6.07) is 11.6. The maximum atomic E-state index is 12.9. The van der Waals surface area contributed by atoms with Crippen LogP contribution in [0.3, 0.4) is 0 Å². The Morgan fingerprint density at radius 1 is 0.969 bits per heavy atom. The number of anilines is 1. The van der Waals surface area contributed by atoms with Gasteiger partial charge in [0.15, 0.2) is 0 Å². The number of rotatable bonds is 5. The smallest absolute Gasteiger partial charge is 0.254 e. The van der Waals surface area contributed by atoms with Crippen LogP contribution in [0.2, 0.25) is 0 Å². The lowest BCUT2D eigenvalue weighted by molar-refractivity contribution is -0.138. The first kappa shape index (κ1) is 23.5. The number of carbonyl (C=O) groups excluding carboxylic acids is 3. The fraction of sp³-hybridized carbons (Fsp3) is 0.423. The molecular formula is C26H33N3O3. The van der Waals surface area contributed by atoms with Gasteiger partial charge < -0.3 is 15.1 Å². The van der Waals surface area contributed by atoms with Gasteiger partial charge in [0.25, 0.3) is 5.91 Å². The van der Waals surface area contributed by atoms with E-state index in [0.717, 1.165) is 27.9 Å². The minimum Gasteiger partial charge on any atom is -0.339 e. The van der Waals surface area contributed by atoms with Gasteiger partial charge >= 0.3 is 0 Å². The zero-order valence-electron chi connectivity index (χ0n) is 19.7. The first-order valence-electron chi connectivity index (χ1n) is 11.1. The molecule has 0 radical (unpaired) electrons. The summed E-state index contributed by atoms with van der Waals surface area (Å²) < 4.78 is 0. The molecule has 0 saturated carbocycles. The fourth-order valence-electron chi connectivity index (χ4n) is 4.47. The van der Waals surface area contributed by atoms with E-state index in [0.29, 0.717) is 31.5 Å². The molecule has 1 aliphatic rings. The third kappa shape index (κ3) is 5.36. The number of benzene rings is 2. The van der Waals surface area contributed by atoms with Gasteiger partial charge in [-0.3, -0.25) is 14.4 Å². The molecule has 170 valence electrons. The number of piperidine rings is 1. The predicted molar refractivity (Wildman–Crippen MR) is 127 cm³/mol. The summed E-state index contributed by atoms with van der Waals surface area (Å²) in [6.45, 7) is 9.00. The molecule has 0 spiro atoms. The van der Waals surface area contributed by atoms with E-state index in [1.807, 2.05) is 69.0 Å². The first-order chi connectivity index (χ1) is 15.2. The Morgan fingerprint density at radius 3 is 2.16 bits per heavy atom. The molecule has 3 rings (SSSR count). The van der Waals surface area contributed by atoms with Crippen molar-refractivity contribution in [2.45, 2.75) is 40.5 Å². The highest BCUT2D eigenvalue weighted by Gasteiger charge is 2.30. The molecule has 0 aliphatic carbocycles. The minimum absolute atomic E-state index is 0.00788.